The maximum absolute atomic E-state index is 11.9. The molecule has 1 N–H and O–H groups in total. The van der Waals surface area contributed by atoms with Gasteiger partial charge in [0.2, 0.25) is 0 Å². The third kappa shape index (κ3) is 5.77. The number of sulfone groups is 1. The minimum Gasteiger partial charge on any atom is -0.351 e. The average Bonchev–Trinajstić information content (AvgIpc) is 2.47. The Kier molecular flexibility index (Phi) is 5.97. The summed E-state index contributed by atoms with van der Waals surface area (Å²) in [7, 11) is -3.05. The highest BCUT2D eigenvalue weighted by Gasteiger charge is 2.11. The third-order valence-electron chi connectivity index (χ3n) is 3.83. The van der Waals surface area contributed by atoms with Gasteiger partial charge in [0, 0.05) is 24.9 Å². The molecule has 6 heteroatoms. The van der Waals surface area contributed by atoms with Crippen molar-refractivity contribution in [2.24, 2.45) is 0 Å². The summed E-state index contributed by atoms with van der Waals surface area (Å²) in [6.07, 6.45) is 5.01. The number of likely N-dealkylation sites (tertiary alicyclic amines) is 1. The van der Waals surface area contributed by atoms with Gasteiger partial charge in [-0.2, -0.15) is 0 Å². The topological polar surface area (TPSA) is 66.5 Å². The van der Waals surface area contributed by atoms with Crippen molar-refractivity contribution in [2.45, 2.75) is 25.8 Å². The van der Waals surface area contributed by atoms with Crippen LogP contribution in [-0.2, 0) is 16.4 Å². The van der Waals surface area contributed by atoms with Gasteiger partial charge >= 0.3 is 0 Å². The largest absolute Gasteiger partial charge is 0.351 e. The summed E-state index contributed by atoms with van der Waals surface area (Å²) in [6.45, 7) is 3.37. The Morgan fingerprint density at radius 3 is 2.36 bits per heavy atom. The van der Waals surface area contributed by atoms with E-state index in [-0.39, 0.29) is 18.2 Å². The number of carbonyl (C=O) groups excluding carboxylic acids is 1. The number of benzene rings is 1. The van der Waals surface area contributed by atoms with Gasteiger partial charge in [0.1, 0.15) is 9.84 Å². The zero-order chi connectivity index (χ0) is 16.0. The molecule has 122 valence electrons. The predicted molar refractivity (Wildman–Crippen MR) is 87.6 cm³/mol. The van der Waals surface area contributed by atoms with E-state index < -0.39 is 9.84 Å². The van der Waals surface area contributed by atoms with Crippen molar-refractivity contribution in [1.29, 1.82) is 0 Å². The summed E-state index contributed by atoms with van der Waals surface area (Å²) in [4.78, 5) is 14.4. The molecule has 22 heavy (non-hydrogen) atoms. The standard InChI is InChI=1S/C16H24N2O3S/c1-22(20,21)12-9-17-16(19)15-7-5-14(6-8-15)13-18-10-3-2-4-11-18/h5-8H,2-4,9-13H2,1H3,(H,17,19). The van der Waals surface area contributed by atoms with E-state index in [2.05, 4.69) is 10.2 Å². The second-order valence-corrected chi connectivity index (χ2v) is 8.18. The van der Waals surface area contributed by atoms with Crippen LogP contribution >= 0.6 is 0 Å². The van der Waals surface area contributed by atoms with Crippen molar-refractivity contribution in [3.05, 3.63) is 35.4 Å². The highest BCUT2D eigenvalue weighted by molar-refractivity contribution is 7.90. The Balaban J connectivity index is 1.83. The fourth-order valence-corrected chi connectivity index (χ4v) is 3.06. The quantitative estimate of drug-likeness (QED) is 0.860. The Hall–Kier alpha value is -1.40. The van der Waals surface area contributed by atoms with E-state index in [1.54, 1.807) is 12.1 Å². The van der Waals surface area contributed by atoms with E-state index in [4.69, 9.17) is 0 Å². The van der Waals surface area contributed by atoms with Crippen molar-refractivity contribution < 1.29 is 13.2 Å². The number of hydrogen-bond donors (Lipinski definition) is 1. The van der Waals surface area contributed by atoms with Crippen LogP contribution in [0.15, 0.2) is 24.3 Å². The molecule has 2 rings (SSSR count). The van der Waals surface area contributed by atoms with Gasteiger partial charge < -0.3 is 5.32 Å². The van der Waals surface area contributed by atoms with E-state index in [9.17, 15) is 13.2 Å². The molecule has 0 bridgehead atoms. The minimum atomic E-state index is -3.05. The van der Waals surface area contributed by atoms with Gasteiger partial charge in [-0.25, -0.2) is 8.42 Å². The van der Waals surface area contributed by atoms with Gasteiger partial charge in [0.25, 0.3) is 5.91 Å². The molecule has 1 aliphatic rings. The number of rotatable bonds is 6. The fraction of sp³-hybridized carbons (Fsp3) is 0.562. The molecule has 0 spiro atoms. The van der Waals surface area contributed by atoms with Crippen molar-refractivity contribution >= 4 is 15.7 Å². The summed E-state index contributed by atoms with van der Waals surface area (Å²) in [5.41, 5.74) is 1.77. The number of hydrogen-bond acceptors (Lipinski definition) is 4. The molecule has 5 nitrogen and oxygen atoms in total. The SMILES string of the molecule is CS(=O)(=O)CCNC(=O)c1ccc(CN2CCCCC2)cc1. The van der Waals surface area contributed by atoms with Gasteiger partial charge in [-0.3, -0.25) is 9.69 Å². The van der Waals surface area contributed by atoms with Crippen LogP contribution in [0.2, 0.25) is 0 Å². The van der Waals surface area contributed by atoms with Gasteiger partial charge in [-0.1, -0.05) is 18.6 Å². The maximum atomic E-state index is 11.9. The fourth-order valence-electron chi connectivity index (χ4n) is 2.59. The monoisotopic (exact) mass is 324 g/mol. The van der Waals surface area contributed by atoms with Gasteiger partial charge in [0.15, 0.2) is 0 Å². The lowest BCUT2D eigenvalue weighted by Crippen LogP contribution is -2.29. The zero-order valence-corrected chi connectivity index (χ0v) is 13.9. The van der Waals surface area contributed by atoms with Gasteiger partial charge in [-0.05, 0) is 43.6 Å². The first-order chi connectivity index (χ1) is 10.4. The molecular formula is C16H24N2O3S. The van der Waals surface area contributed by atoms with Crippen LogP contribution in [-0.4, -0.2) is 50.9 Å². The molecule has 0 aliphatic carbocycles. The molecule has 0 unspecified atom stereocenters. The Labute approximate surface area is 132 Å². The van der Waals surface area contributed by atoms with Gasteiger partial charge in [-0.15, -0.1) is 0 Å². The summed E-state index contributed by atoms with van der Waals surface area (Å²) in [5, 5.41) is 2.63. The normalized spacial score (nSPS) is 16.4. The number of amides is 1. The van der Waals surface area contributed by atoms with Crippen LogP contribution in [0, 0.1) is 0 Å². The Bertz CT molecular complexity index is 590. The number of carbonyl (C=O) groups is 1. The van der Waals surface area contributed by atoms with Crippen LogP contribution in [0.3, 0.4) is 0 Å². The lowest BCUT2D eigenvalue weighted by molar-refractivity contribution is 0.0956. The lowest BCUT2D eigenvalue weighted by Gasteiger charge is -2.26. The predicted octanol–water partition coefficient (Wildman–Crippen LogP) is 1.45. The number of nitrogens with one attached hydrogen (secondary N) is 1. The first kappa shape index (κ1) is 17.0. The molecule has 1 aliphatic heterocycles. The maximum Gasteiger partial charge on any atom is 0.251 e. The highest BCUT2D eigenvalue weighted by Crippen LogP contribution is 2.13. The molecule has 1 aromatic carbocycles. The van der Waals surface area contributed by atoms with Crippen LogP contribution in [0.1, 0.15) is 35.2 Å². The van der Waals surface area contributed by atoms with E-state index >= 15 is 0 Å². The van der Waals surface area contributed by atoms with Crippen molar-refractivity contribution in [2.75, 3.05) is 31.6 Å². The average molecular weight is 324 g/mol. The van der Waals surface area contributed by atoms with E-state index in [1.807, 2.05) is 12.1 Å². The van der Waals surface area contributed by atoms with Crippen LogP contribution < -0.4 is 5.32 Å². The van der Waals surface area contributed by atoms with Gasteiger partial charge in [0.05, 0.1) is 5.75 Å². The summed E-state index contributed by atoms with van der Waals surface area (Å²) in [5.74, 6) is -0.264. The van der Waals surface area contributed by atoms with Crippen molar-refractivity contribution in [3.63, 3.8) is 0 Å². The van der Waals surface area contributed by atoms with E-state index in [1.165, 1.54) is 24.8 Å². The highest BCUT2D eigenvalue weighted by atomic mass is 32.2. The van der Waals surface area contributed by atoms with Crippen molar-refractivity contribution in [3.8, 4) is 0 Å². The third-order valence-corrected chi connectivity index (χ3v) is 4.78. The van der Waals surface area contributed by atoms with E-state index in [0.29, 0.717) is 5.56 Å². The smallest absolute Gasteiger partial charge is 0.251 e. The second-order valence-electron chi connectivity index (χ2n) is 5.92. The molecule has 0 atom stereocenters. The van der Waals surface area contributed by atoms with Crippen molar-refractivity contribution in [1.82, 2.24) is 10.2 Å². The molecule has 1 heterocycles. The summed E-state index contributed by atoms with van der Waals surface area (Å²) in [6, 6.07) is 7.55. The minimum absolute atomic E-state index is 0.0359. The summed E-state index contributed by atoms with van der Waals surface area (Å²) < 4.78 is 22.1. The number of nitrogens with zero attached hydrogens (tertiary/aromatic N) is 1. The molecule has 0 aromatic heterocycles. The van der Waals surface area contributed by atoms with Crippen LogP contribution in [0.4, 0.5) is 0 Å². The Morgan fingerprint density at radius 2 is 1.77 bits per heavy atom. The molecule has 0 radical (unpaired) electrons. The molecule has 0 saturated carbocycles. The lowest BCUT2D eigenvalue weighted by atomic mass is 10.1. The second kappa shape index (κ2) is 7.74. The summed E-state index contributed by atoms with van der Waals surface area (Å²) >= 11 is 0. The number of piperidine rings is 1. The molecule has 1 fully saturated rings. The first-order valence-corrected chi connectivity index (χ1v) is 9.77. The zero-order valence-electron chi connectivity index (χ0n) is 13.0. The van der Waals surface area contributed by atoms with E-state index in [0.717, 1.165) is 25.9 Å². The molecule has 1 amide bonds. The van der Waals surface area contributed by atoms with Crippen LogP contribution in [0.5, 0.6) is 0 Å². The first-order valence-electron chi connectivity index (χ1n) is 7.71. The van der Waals surface area contributed by atoms with Crippen LogP contribution in [0.25, 0.3) is 0 Å². The molecule has 1 aromatic rings. The molecule has 1 saturated heterocycles. The Morgan fingerprint density at radius 1 is 1.14 bits per heavy atom. The molecular weight excluding hydrogens is 300 g/mol.